The minimum atomic E-state index is -2.69. The highest BCUT2D eigenvalue weighted by Crippen LogP contribution is 2.43. The summed E-state index contributed by atoms with van der Waals surface area (Å²) < 4.78 is 20.6. The van der Waals surface area contributed by atoms with Crippen molar-refractivity contribution in [1.82, 2.24) is 0 Å². The lowest BCUT2D eigenvalue weighted by Gasteiger charge is -2.10. The number of rotatable bonds is 4. The summed E-state index contributed by atoms with van der Waals surface area (Å²) in [6.07, 6.45) is 0. The topological polar surface area (TPSA) is 35.5 Å². The van der Waals surface area contributed by atoms with Gasteiger partial charge in [-0.25, -0.2) is 0 Å². The fraction of sp³-hybridized carbons (Fsp3) is 1.00. The molecule has 0 saturated carbocycles. The van der Waals surface area contributed by atoms with Crippen LogP contribution in [0.1, 0.15) is 13.8 Å². The molecule has 9 heavy (non-hydrogen) atoms. The standard InChI is InChI=1S/C5H13O3P/c1-4-7-9(3,6)8-5-2/h4-5H2,1-3H3. The lowest BCUT2D eigenvalue weighted by atomic mass is 10.9. The molecule has 4 heteroatoms. The van der Waals surface area contributed by atoms with Gasteiger partial charge in [0.25, 0.3) is 0 Å². The Bertz CT molecular complexity index is 103. The van der Waals surface area contributed by atoms with E-state index in [1.54, 1.807) is 13.8 Å². The van der Waals surface area contributed by atoms with E-state index in [2.05, 4.69) is 0 Å². The van der Waals surface area contributed by atoms with Crippen molar-refractivity contribution in [2.24, 2.45) is 0 Å². The first-order chi connectivity index (χ1) is 4.12. The molecule has 0 radical (unpaired) electrons. The van der Waals surface area contributed by atoms with Crippen LogP contribution in [-0.4, -0.2) is 19.9 Å². The smallest absolute Gasteiger partial charge is 0.309 e. The zero-order valence-corrected chi connectivity index (χ0v) is 6.98. The molecule has 0 rings (SSSR count). The maximum atomic E-state index is 11.0. The normalized spacial score (nSPS) is 11.9. The lowest BCUT2D eigenvalue weighted by Crippen LogP contribution is -1.92. The van der Waals surface area contributed by atoms with Gasteiger partial charge in [0.1, 0.15) is 0 Å². The predicted octanol–water partition coefficient (Wildman–Crippen LogP) is 1.88. The molecule has 0 aromatic rings. The Labute approximate surface area is 55.9 Å². The third-order valence-corrected chi connectivity index (χ3v) is 2.18. The van der Waals surface area contributed by atoms with E-state index in [0.717, 1.165) is 0 Å². The summed E-state index contributed by atoms with van der Waals surface area (Å²) in [6, 6.07) is 0. The minimum absolute atomic E-state index is 0.438. The van der Waals surface area contributed by atoms with Crippen molar-refractivity contribution in [2.45, 2.75) is 13.8 Å². The van der Waals surface area contributed by atoms with E-state index in [1.165, 1.54) is 6.66 Å². The summed E-state index contributed by atoms with van der Waals surface area (Å²) >= 11 is 0. The van der Waals surface area contributed by atoms with Gasteiger partial charge in [-0.1, -0.05) is 0 Å². The number of hydrogen-bond donors (Lipinski definition) is 0. The van der Waals surface area contributed by atoms with Crippen LogP contribution in [0, 0.1) is 0 Å². The highest BCUT2D eigenvalue weighted by Gasteiger charge is 2.13. The van der Waals surface area contributed by atoms with Crippen LogP contribution in [0.5, 0.6) is 0 Å². The zero-order valence-electron chi connectivity index (χ0n) is 6.09. The molecule has 0 aromatic heterocycles. The summed E-state index contributed by atoms with van der Waals surface area (Å²) in [4.78, 5) is 0. The van der Waals surface area contributed by atoms with Crippen LogP contribution >= 0.6 is 7.60 Å². The Morgan fingerprint density at radius 3 is 1.78 bits per heavy atom. The maximum Gasteiger partial charge on any atom is 0.327 e. The summed E-state index contributed by atoms with van der Waals surface area (Å²) in [7, 11) is -2.69. The SMILES string of the molecule is CCOP(C)(=O)OCC. The van der Waals surface area contributed by atoms with Crippen molar-refractivity contribution in [3.05, 3.63) is 0 Å². The first kappa shape index (κ1) is 9.15. The van der Waals surface area contributed by atoms with Crippen LogP contribution < -0.4 is 0 Å². The van der Waals surface area contributed by atoms with Crippen LogP contribution in [0.25, 0.3) is 0 Å². The van der Waals surface area contributed by atoms with Gasteiger partial charge in [0.05, 0.1) is 13.2 Å². The molecule has 0 atom stereocenters. The molecule has 0 aromatic carbocycles. The highest BCUT2D eigenvalue weighted by atomic mass is 31.2. The molecule has 3 nitrogen and oxygen atoms in total. The van der Waals surface area contributed by atoms with E-state index >= 15 is 0 Å². The van der Waals surface area contributed by atoms with E-state index in [9.17, 15) is 4.57 Å². The van der Waals surface area contributed by atoms with Gasteiger partial charge in [0.2, 0.25) is 0 Å². The van der Waals surface area contributed by atoms with Gasteiger partial charge < -0.3 is 9.05 Å². The first-order valence-electron chi connectivity index (χ1n) is 2.99. The summed E-state index contributed by atoms with van der Waals surface area (Å²) in [5.74, 6) is 0. The Morgan fingerprint density at radius 2 is 1.56 bits per heavy atom. The maximum absolute atomic E-state index is 11.0. The highest BCUT2D eigenvalue weighted by molar-refractivity contribution is 7.52. The van der Waals surface area contributed by atoms with Crippen molar-refractivity contribution in [1.29, 1.82) is 0 Å². The van der Waals surface area contributed by atoms with Crippen LogP contribution in [0.15, 0.2) is 0 Å². The third-order valence-electron chi connectivity index (χ3n) is 0.727. The molecule has 0 fully saturated rings. The summed E-state index contributed by atoms with van der Waals surface area (Å²) in [6.45, 7) is 5.92. The minimum Gasteiger partial charge on any atom is -0.309 e. The van der Waals surface area contributed by atoms with E-state index < -0.39 is 7.60 Å². The van der Waals surface area contributed by atoms with Crippen LogP contribution in [0.2, 0.25) is 0 Å². The first-order valence-corrected chi connectivity index (χ1v) is 4.98. The second-order valence-corrected chi connectivity index (χ2v) is 3.67. The summed E-state index contributed by atoms with van der Waals surface area (Å²) in [5, 5.41) is 0. The van der Waals surface area contributed by atoms with Gasteiger partial charge in [-0.05, 0) is 13.8 Å². The molecular weight excluding hydrogens is 139 g/mol. The van der Waals surface area contributed by atoms with Crippen molar-refractivity contribution >= 4 is 7.60 Å². The largest absolute Gasteiger partial charge is 0.327 e. The molecule has 0 N–H and O–H groups in total. The fourth-order valence-electron chi connectivity index (χ4n) is 0.506. The van der Waals surface area contributed by atoms with E-state index in [1.807, 2.05) is 0 Å². The van der Waals surface area contributed by atoms with Gasteiger partial charge >= 0.3 is 7.60 Å². The molecule has 0 saturated heterocycles. The molecule has 0 bridgehead atoms. The lowest BCUT2D eigenvalue weighted by molar-refractivity contribution is 0.225. The van der Waals surface area contributed by atoms with Crippen molar-refractivity contribution in [3.8, 4) is 0 Å². The van der Waals surface area contributed by atoms with Crippen molar-refractivity contribution < 1.29 is 13.6 Å². The van der Waals surface area contributed by atoms with Crippen LogP contribution in [0.4, 0.5) is 0 Å². The summed E-state index contributed by atoms with van der Waals surface area (Å²) in [5.41, 5.74) is 0. The van der Waals surface area contributed by atoms with Crippen molar-refractivity contribution in [2.75, 3.05) is 19.9 Å². The second kappa shape index (κ2) is 4.04. The average molecular weight is 152 g/mol. The Hall–Kier alpha value is 0.150. The zero-order chi connectivity index (χ0) is 7.33. The van der Waals surface area contributed by atoms with E-state index in [4.69, 9.17) is 9.05 Å². The van der Waals surface area contributed by atoms with E-state index in [0.29, 0.717) is 13.2 Å². The molecule has 0 unspecified atom stereocenters. The Morgan fingerprint density at radius 1 is 1.22 bits per heavy atom. The monoisotopic (exact) mass is 152 g/mol. The second-order valence-electron chi connectivity index (χ2n) is 1.61. The third kappa shape index (κ3) is 4.64. The predicted molar refractivity (Wildman–Crippen MR) is 36.8 cm³/mol. The Kier molecular flexibility index (Phi) is 4.11. The molecule has 0 heterocycles. The molecule has 0 amide bonds. The molecule has 56 valence electrons. The fourth-order valence-corrected chi connectivity index (χ4v) is 1.52. The van der Waals surface area contributed by atoms with Crippen LogP contribution in [-0.2, 0) is 13.6 Å². The van der Waals surface area contributed by atoms with Crippen LogP contribution in [0.3, 0.4) is 0 Å². The molecule has 0 spiro atoms. The molecule has 0 aliphatic carbocycles. The van der Waals surface area contributed by atoms with Gasteiger partial charge in [-0.3, -0.25) is 4.57 Å². The quantitative estimate of drug-likeness (QED) is 0.577. The molecular formula is C5H13O3P. The average Bonchev–Trinajstić information content (AvgIpc) is 1.64. The van der Waals surface area contributed by atoms with E-state index in [-0.39, 0.29) is 0 Å². The van der Waals surface area contributed by atoms with Gasteiger partial charge in [0, 0.05) is 6.66 Å². The molecule has 0 aliphatic rings. The van der Waals surface area contributed by atoms with Gasteiger partial charge in [0.15, 0.2) is 0 Å². The van der Waals surface area contributed by atoms with Gasteiger partial charge in [-0.15, -0.1) is 0 Å². The van der Waals surface area contributed by atoms with Crippen molar-refractivity contribution in [3.63, 3.8) is 0 Å². The Balaban J connectivity index is 3.58. The number of hydrogen-bond acceptors (Lipinski definition) is 3. The molecule has 0 aliphatic heterocycles. The van der Waals surface area contributed by atoms with Gasteiger partial charge in [-0.2, -0.15) is 0 Å².